The molecule has 0 aliphatic carbocycles. The molecule has 0 fully saturated rings. The van der Waals surface area contributed by atoms with Crippen molar-refractivity contribution in [3.63, 3.8) is 0 Å². The predicted octanol–water partition coefficient (Wildman–Crippen LogP) is 6.23. The maximum atomic E-state index is 15.4. The average molecular weight is 626 g/mol. The molecule has 0 saturated heterocycles. The standard InChI is InChI=1S/C36H32FN9O/c1-23-12-32(37)31(35(47)44(6)29-14-26(36(3,4)21-38)15-30(16-29)45-19-24(2)40-22-45)13-25(23)9-10-28-18-39-34-33(8-7-11-46(28)34)42-27-17-41-43(5)20-27/h7-8,11-20,22,42H,1-6H3. The molecule has 0 radical (unpaired) electrons. The molecule has 234 valence electrons. The van der Waals surface area contributed by atoms with E-state index in [0.717, 1.165) is 22.8 Å². The molecular weight excluding hydrogens is 593 g/mol. The number of fused-ring (bicyclic) bond motifs is 1. The third-order valence-corrected chi connectivity index (χ3v) is 7.99. The molecule has 1 N–H and O–H groups in total. The van der Waals surface area contributed by atoms with Crippen LogP contribution in [0.2, 0.25) is 0 Å². The number of hydrogen-bond donors (Lipinski definition) is 1. The zero-order valence-electron chi connectivity index (χ0n) is 26.9. The number of aromatic nitrogens is 6. The Morgan fingerprint density at radius 1 is 1.06 bits per heavy atom. The maximum Gasteiger partial charge on any atom is 0.261 e. The number of rotatable bonds is 6. The Hall–Kier alpha value is -6.20. The van der Waals surface area contributed by atoms with Crippen LogP contribution >= 0.6 is 0 Å². The van der Waals surface area contributed by atoms with Crippen molar-refractivity contribution in [2.45, 2.75) is 33.1 Å². The third kappa shape index (κ3) is 6.07. The second-order valence-corrected chi connectivity index (χ2v) is 11.9. The van der Waals surface area contributed by atoms with Crippen molar-refractivity contribution in [2.75, 3.05) is 17.3 Å². The van der Waals surface area contributed by atoms with Gasteiger partial charge in [-0.1, -0.05) is 5.92 Å². The first kappa shape index (κ1) is 30.8. The van der Waals surface area contributed by atoms with Gasteiger partial charge in [-0.3, -0.25) is 13.9 Å². The number of nitrogens with one attached hydrogen (secondary N) is 1. The van der Waals surface area contributed by atoms with Gasteiger partial charge in [0.1, 0.15) is 11.5 Å². The number of imidazole rings is 2. The summed E-state index contributed by atoms with van der Waals surface area (Å²) in [5.74, 6) is 5.07. The Morgan fingerprint density at radius 3 is 2.57 bits per heavy atom. The van der Waals surface area contributed by atoms with Gasteiger partial charge in [-0.2, -0.15) is 10.4 Å². The highest BCUT2D eigenvalue weighted by Crippen LogP contribution is 2.31. The van der Waals surface area contributed by atoms with Gasteiger partial charge in [0.2, 0.25) is 0 Å². The lowest BCUT2D eigenvalue weighted by atomic mass is 9.85. The molecule has 2 aromatic carbocycles. The van der Waals surface area contributed by atoms with Gasteiger partial charge >= 0.3 is 0 Å². The number of carbonyl (C=O) groups is 1. The molecule has 0 bridgehead atoms. The Bertz CT molecular complexity index is 2270. The van der Waals surface area contributed by atoms with Crippen LogP contribution < -0.4 is 10.2 Å². The molecular formula is C36H32FN9O. The predicted molar refractivity (Wildman–Crippen MR) is 178 cm³/mol. The van der Waals surface area contributed by atoms with Crippen molar-refractivity contribution in [1.82, 2.24) is 28.7 Å². The number of nitriles is 1. The van der Waals surface area contributed by atoms with Crippen molar-refractivity contribution in [1.29, 1.82) is 5.26 Å². The van der Waals surface area contributed by atoms with Crippen molar-refractivity contribution in [3.05, 3.63) is 119 Å². The highest BCUT2D eigenvalue weighted by Gasteiger charge is 2.25. The van der Waals surface area contributed by atoms with E-state index in [-0.39, 0.29) is 5.56 Å². The van der Waals surface area contributed by atoms with Crippen molar-refractivity contribution in [3.8, 4) is 23.6 Å². The van der Waals surface area contributed by atoms with Gasteiger partial charge < -0.3 is 14.8 Å². The zero-order chi connectivity index (χ0) is 33.5. The molecule has 4 heterocycles. The lowest BCUT2D eigenvalue weighted by Gasteiger charge is -2.23. The Morgan fingerprint density at radius 2 is 1.87 bits per heavy atom. The van der Waals surface area contributed by atoms with Gasteiger partial charge in [-0.15, -0.1) is 0 Å². The van der Waals surface area contributed by atoms with Gasteiger partial charge in [0.15, 0.2) is 5.65 Å². The minimum Gasteiger partial charge on any atom is -0.350 e. The van der Waals surface area contributed by atoms with E-state index in [1.54, 1.807) is 43.4 Å². The summed E-state index contributed by atoms with van der Waals surface area (Å²) in [5.41, 5.74) is 5.84. The lowest BCUT2D eigenvalue weighted by molar-refractivity contribution is 0.0989. The normalized spacial score (nSPS) is 11.2. The molecule has 0 atom stereocenters. The zero-order valence-corrected chi connectivity index (χ0v) is 26.9. The van der Waals surface area contributed by atoms with Gasteiger partial charge in [0.05, 0.1) is 52.8 Å². The van der Waals surface area contributed by atoms with Crippen LogP contribution in [0, 0.1) is 42.8 Å². The van der Waals surface area contributed by atoms with E-state index in [0.29, 0.717) is 33.7 Å². The fourth-order valence-electron chi connectivity index (χ4n) is 5.17. The second-order valence-electron chi connectivity index (χ2n) is 11.9. The van der Waals surface area contributed by atoms with Crippen molar-refractivity contribution >= 4 is 28.6 Å². The van der Waals surface area contributed by atoms with Crippen molar-refractivity contribution < 1.29 is 9.18 Å². The molecule has 47 heavy (non-hydrogen) atoms. The summed E-state index contributed by atoms with van der Waals surface area (Å²) < 4.78 is 20.8. The number of pyridine rings is 1. The fraction of sp³-hybridized carbons (Fsp3) is 0.194. The number of anilines is 3. The van der Waals surface area contributed by atoms with Crippen LogP contribution in [0.3, 0.4) is 0 Å². The van der Waals surface area contributed by atoms with E-state index in [1.807, 2.05) is 79.6 Å². The number of hydrogen-bond acceptors (Lipinski definition) is 6. The topological polar surface area (TPSA) is 109 Å². The Labute approximate surface area is 271 Å². The number of amides is 1. The van der Waals surface area contributed by atoms with E-state index < -0.39 is 17.1 Å². The minimum absolute atomic E-state index is 0.117. The van der Waals surface area contributed by atoms with Gasteiger partial charge in [-0.25, -0.2) is 14.4 Å². The molecule has 0 unspecified atom stereocenters. The number of carbonyl (C=O) groups excluding carboxylic acids is 1. The van der Waals surface area contributed by atoms with E-state index in [1.165, 1.54) is 17.0 Å². The average Bonchev–Trinajstić information content (AvgIpc) is 3.80. The summed E-state index contributed by atoms with van der Waals surface area (Å²) in [7, 11) is 3.43. The Kier molecular flexibility index (Phi) is 7.84. The SMILES string of the molecule is Cc1cn(-c2cc(N(C)C(=O)c3cc(C#Cc4cnc5c(Nc6cnn(C)c6)cccn45)c(C)cc3F)cc(C(C)(C)C#N)c2)cn1. The Balaban J connectivity index is 1.33. The van der Waals surface area contributed by atoms with Gasteiger partial charge in [0, 0.05) is 49.6 Å². The van der Waals surface area contributed by atoms with Crippen molar-refractivity contribution in [2.24, 2.45) is 7.05 Å². The van der Waals surface area contributed by atoms with E-state index >= 15 is 4.39 Å². The maximum absolute atomic E-state index is 15.4. The quantitative estimate of drug-likeness (QED) is 0.220. The molecule has 0 aliphatic heterocycles. The highest BCUT2D eigenvalue weighted by molar-refractivity contribution is 6.06. The third-order valence-electron chi connectivity index (χ3n) is 7.99. The van der Waals surface area contributed by atoms with Crippen LogP contribution in [-0.4, -0.2) is 41.7 Å². The first-order valence-electron chi connectivity index (χ1n) is 14.8. The van der Waals surface area contributed by atoms with Crippen LogP contribution in [0.5, 0.6) is 0 Å². The highest BCUT2D eigenvalue weighted by atomic mass is 19.1. The van der Waals surface area contributed by atoms with Gasteiger partial charge in [0.25, 0.3) is 5.91 Å². The first-order valence-corrected chi connectivity index (χ1v) is 14.8. The molecule has 6 aromatic rings. The van der Waals surface area contributed by atoms with Crippen LogP contribution in [0.4, 0.5) is 21.5 Å². The molecule has 10 nitrogen and oxygen atoms in total. The molecule has 4 aromatic heterocycles. The fourth-order valence-corrected chi connectivity index (χ4v) is 5.17. The largest absolute Gasteiger partial charge is 0.350 e. The summed E-state index contributed by atoms with van der Waals surface area (Å²) in [6.07, 6.45) is 10.7. The molecule has 0 saturated carbocycles. The van der Waals surface area contributed by atoms with E-state index in [2.05, 4.69) is 38.3 Å². The first-order chi connectivity index (χ1) is 22.4. The summed E-state index contributed by atoms with van der Waals surface area (Å²) in [6.45, 7) is 7.25. The number of aryl methyl sites for hydroxylation is 3. The smallest absolute Gasteiger partial charge is 0.261 e. The summed E-state index contributed by atoms with van der Waals surface area (Å²) in [6, 6.07) is 14.4. The van der Waals surface area contributed by atoms with Gasteiger partial charge in [-0.05, 0) is 87.2 Å². The van der Waals surface area contributed by atoms with Crippen LogP contribution in [-0.2, 0) is 12.5 Å². The monoisotopic (exact) mass is 625 g/mol. The summed E-state index contributed by atoms with van der Waals surface area (Å²) in [4.78, 5) is 24.1. The summed E-state index contributed by atoms with van der Waals surface area (Å²) >= 11 is 0. The lowest BCUT2D eigenvalue weighted by Crippen LogP contribution is -2.28. The molecule has 1 amide bonds. The van der Waals surface area contributed by atoms with E-state index in [4.69, 9.17) is 0 Å². The number of nitrogens with zero attached hydrogens (tertiary/aromatic N) is 8. The van der Waals surface area contributed by atoms with Crippen LogP contribution in [0.25, 0.3) is 11.3 Å². The van der Waals surface area contributed by atoms with Crippen LogP contribution in [0.15, 0.2) is 79.8 Å². The number of benzene rings is 2. The second kappa shape index (κ2) is 12.0. The van der Waals surface area contributed by atoms with E-state index in [9.17, 15) is 10.1 Å². The molecule has 6 rings (SSSR count). The molecule has 0 aliphatic rings. The number of halogens is 1. The summed E-state index contributed by atoms with van der Waals surface area (Å²) in [5, 5.41) is 17.4. The van der Waals surface area contributed by atoms with Crippen LogP contribution in [0.1, 0.15) is 52.3 Å². The molecule has 11 heteroatoms. The minimum atomic E-state index is -0.838. The molecule has 0 spiro atoms.